The van der Waals surface area contributed by atoms with Gasteiger partial charge in [-0.15, -0.1) is 0 Å². The van der Waals surface area contributed by atoms with Crippen LogP contribution in [0.1, 0.15) is 79.1 Å². The Balaban J connectivity index is 0. The number of unbranched alkanes of at least 4 members (excludes halogenated alkanes) is 4. The van der Waals surface area contributed by atoms with Crippen molar-refractivity contribution in [2.75, 3.05) is 26.2 Å². The summed E-state index contributed by atoms with van der Waals surface area (Å²) < 4.78 is 2.59. The third-order valence-corrected chi connectivity index (χ3v) is 3.94. The van der Waals surface area contributed by atoms with Crippen molar-refractivity contribution in [3.63, 3.8) is 0 Å². The SMILES string of the molecule is CCCC[N+](CCCC)(CCCC)CCCC.S=C[S-]. The van der Waals surface area contributed by atoms with Crippen LogP contribution in [-0.2, 0) is 12.6 Å². The molecule has 0 fully saturated rings. The predicted molar refractivity (Wildman–Crippen MR) is 100 cm³/mol. The summed E-state index contributed by atoms with van der Waals surface area (Å²) in [5.41, 5.74) is 0. The molecule has 0 aromatic heterocycles. The average Bonchev–Trinajstić information content (AvgIpc) is 2.46. The van der Waals surface area contributed by atoms with E-state index in [1.165, 1.54) is 86.7 Å². The van der Waals surface area contributed by atoms with Gasteiger partial charge in [0.25, 0.3) is 0 Å². The molecule has 0 aliphatic carbocycles. The molecule has 0 rings (SSSR count). The average molecular weight is 320 g/mol. The number of rotatable bonds is 12. The van der Waals surface area contributed by atoms with E-state index < -0.39 is 0 Å². The Morgan fingerprint density at radius 1 is 0.700 bits per heavy atom. The van der Waals surface area contributed by atoms with Crippen LogP contribution in [0.2, 0.25) is 0 Å². The summed E-state index contributed by atoms with van der Waals surface area (Å²) in [5.74, 6) is 0. The van der Waals surface area contributed by atoms with Crippen LogP contribution in [0.15, 0.2) is 0 Å². The van der Waals surface area contributed by atoms with Crippen LogP contribution in [0.4, 0.5) is 0 Å². The Labute approximate surface area is 139 Å². The van der Waals surface area contributed by atoms with Gasteiger partial charge < -0.3 is 29.3 Å². The van der Waals surface area contributed by atoms with Crippen LogP contribution in [0.3, 0.4) is 0 Å². The van der Waals surface area contributed by atoms with E-state index in [1.807, 2.05) is 0 Å². The Bertz CT molecular complexity index is 158. The van der Waals surface area contributed by atoms with Gasteiger partial charge in [0.15, 0.2) is 0 Å². The van der Waals surface area contributed by atoms with Gasteiger partial charge in [0.05, 0.1) is 26.2 Å². The zero-order chi connectivity index (χ0) is 15.7. The fourth-order valence-electron chi connectivity index (χ4n) is 2.64. The fraction of sp³-hybridized carbons (Fsp3) is 0.941. The highest BCUT2D eigenvalue weighted by molar-refractivity contribution is 7.97. The summed E-state index contributed by atoms with van der Waals surface area (Å²) in [7, 11) is 0. The molecule has 0 radical (unpaired) electrons. The van der Waals surface area contributed by atoms with E-state index in [2.05, 4.69) is 52.5 Å². The molecule has 0 saturated carbocycles. The molecule has 0 saturated heterocycles. The summed E-state index contributed by atoms with van der Waals surface area (Å²) in [6.45, 7) is 15.0. The van der Waals surface area contributed by atoms with E-state index >= 15 is 0 Å². The Hall–Kier alpha value is 0.270. The van der Waals surface area contributed by atoms with Crippen LogP contribution in [0, 0.1) is 0 Å². The van der Waals surface area contributed by atoms with Gasteiger partial charge in [0, 0.05) is 0 Å². The highest BCUT2D eigenvalue weighted by Crippen LogP contribution is 2.16. The standard InChI is InChI=1S/C16H36N.CH2S2/c1-5-9-13-17(14-10-6-2,15-11-7-3)16-12-8-4;2-1-3/h5-16H2,1-4H3;1H,(H,2,3)/q+1;/p-1. The summed E-state index contributed by atoms with van der Waals surface area (Å²) in [4.78, 5) is 0. The zero-order valence-corrected chi connectivity index (χ0v) is 16.0. The quantitative estimate of drug-likeness (QED) is 0.265. The minimum atomic E-state index is 1.17. The van der Waals surface area contributed by atoms with Gasteiger partial charge >= 0.3 is 0 Å². The Kier molecular flexibility index (Phi) is 19.5. The lowest BCUT2D eigenvalue weighted by Gasteiger charge is -2.39. The van der Waals surface area contributed by atoms with Crippen molar-refractivity contribution in [1.29, 1.82) is 0 Å². The minimum absolute atomic E-state index is 1.17. The summed E-state index contributed by atoms with van der Waals surface area (Å²) in [6.07, 6.45) is 11.1. The van der Waals surface area contributed by atoms with E-state index in [0.29, 0.717) is 0 Å². The van der Waals surface area contributed by atoms with Crippen LogP contribution in [0.5, 0.6) is 0 Å². The van der Waals surface area contributed by atoms with Crippen LogP contribution in [-0.4, -0.2) is 35.4 Å². The molecule has 0 N–H and O–H groups in total. The Morgan fingerprint density at radius 3 is 1.05 bits per heavy atom. The summed E-state index contributed by atoms with van der Waals surface area (Å²) in [6, 6.07) is 0. The van der Waals surface area contributed by atoms with Gasteiger partial charge in [0.1, 0.15) is 0 Å². The lowest BCUT2D eigenvalue weighted by atomic mass is 10.1. The molecular formula is C17H37NS2. The second-order valence-corrected chi connectivity index (χ2v) is 6.52. The van der Waals surface area contributed by atoms with Crippen molar-refractivity contribution in [2.24, 2.45) is 0 Å². The molecule has 0 aliphatic rings. The first-order valence-corrected chi connectivity index (χ1v) is 9.51. The van der Waals surface area contributed by atoms with Crippen molar-refractivity contribution in [3.05, 3.63) is 0 Å². The molecule has 3 heteroatoms. The van der Waals surface area contributed by atoms with Crippen molar-refractivity contribution in [3.8, 4) is 0 Å². The van der Waals surface area contributed by atoms with Crippen molar-refractivity contribution in [1.82, 2.24) is 0 Å². The topological polar surface area (TPSA) is 0 Å². The maximum atomic E-state index is 4.08. The molecule has 0 aromatic carbocycles. The van der Waals surface area contributed by atoms with E-state index in [4.69, 9.17) is 0 Å². The molecule has 0 atom stereocenters. The second kappa shape index (κ2) is 17.3. The fourth-order valence-corrected chi connectivity index (χ4v) is 2.64. The molecule has 0 amide bonds. The molecule has 20 heavy (non-hydrogen) atoms. The van der Waals surface area contributed by atoms with Gasteiger partial charge in [-0.25, -0.2) is 0 Å². The first-order valence-electron chi connectivity index (χ1n) is 8.56. The van der Waals surface area contributed by atoms with Gasteiger partial charge in [-0.05, 0) is 25.7 Å². The second-order valence-electron chi connectivity index (χ2n) is 5.75. The smallest absolute Gasteiger partial charge is 0.0786 e. The maximum absolute atomic E-state index is 4.08. The molecule has 0 spiro atoms. The molecule has 1 nitrogen and oxygen atoms in total. The van der Waals surface area contributed by atoms with Crippen LogP contribution >= 0.6 is 12.2 Å². The highest BCUT2D eigenvalue weighted by atomic mass is 32.1. The first-order chi connectivity index (χ1) is 9.66. The third kappa shape index (κ3) is 13.3. The molecular weight excluding hydrogens is 282 g/mol. The largest absolute Gasteiger partial charge is 0.436 e. The lowest BCUT2D eigenvalue weighted by Crippen LogP contribution is -2.50. The van der Waals surface area contributed by atoms with Gasteiger partial charge in [-0.1, -0.05) is 53.4 Å². The number of hydrogen-bond acceptors (Lipinski definition) is 2. The van der Waals surface area contributed by atoms with Gasteiger partial charge in [0.2, 0.25) is 0 Å². The molecule has 0 aromatic rings. The minimum Gasteiger partial charge on any atom is -0.436 e. The molecule has 0 aliphatic heterocycles. The highest BCUT2D eigenvalue weighted by Gasteiger charge is 2.24. The van der Waals surface area contributed by atoms with E-state index in [-0.39, 0.29) is 0 Å². The molecule has 0 bridgehead atoms. The molecule has 0 heterocycles. The lowest BCUT2D eigenvalue weighted by molar-refractivity contribution is -0.929. The monoisotopic (exact) mass is 319 g/mol. The van der Waals surface area contributed by atoms with Crippen LogP contribution in [0.25, 0.3) is 0 Å². The van der Waals surface area contributed by atoms with Crippen molar-refractivity contribution in [2.45, 2.75) is 79.1 Å². The van der Waals surface area contributed by atoms with E-state index in [0.717, 1.165) is 0 Å². The number of hydrogen-bond donors (Lipinski definition) is 0. The van der Waals surface area contributed by atoms with E-state index in [1.54, 1.807) is 0 Å². The summed E-state index contributed by atoms with van der Waals surface area (Å²) >= 11 is 8.17. The normalized spacial score (nSPS) is 10.8. The van der Waals surface area contributed by atoms with E-state index in [9.17, 15) is 0 Å². The first kappa shape index (κ1) is 22.5. The number of quaternary nitrogens is 1. The van der Waals surface area contributed by atoms with Crippen molar-refractivity contribution >= 4 is 29.5 Å². The van der Waals surface area contributed by atoms with Crippen LogP contribution < -0.4 is 0 Å². The van der Waals surface area contributed by atoms with Crippen molar-refractivity contribution < 1.29 is 4.48 Å². The Morgan fingerprint density at radius 2 is 0.900 bits per heavy atom. The maximum Gasteiger partial charge on any atom is 0.0786 e. The molecule has 122 valence electrons. The summed E-state index contributed by atoms with van der Waals surface area (Å²) in [5, 5.41) is 0. The zero-order valence-electron chi connectivity index (χ0n) is 14.3. The number of nitrogens with zero attached hydrogens (tertiary/aromatic N) is 1. The molecule has 0 unspecified atom stereocenters. The van der Waals surface area contributed by atoms with Gasteiger partial charge in [-0.3, -0.25) is 0 Å². The number of thiocarbonyl (C=S) groups is 1. The third-order valence-electron chi connectivity index (χ3n) is 3.94. The predicted octanol–water partition coefficient (Wildman–Crippen LogP) is 5.49. The van der Waals surface area contributed by atoms with Gasteiger partial charge in [-0.2, -0.15) is 4.70 Å².